The molecule has 4 aliphatic carbocycles. The van der Waals surface area contributed by atoms with Crippen molar-refractivity contribution in [3.8, 4) is 0 Å². The molecule has 0 aromatic carbocycles. The molecule has 2 heterocycles. The van der Waals surface area contributed by atoms with Gasteiger partial charge in [0, 0.05) is 30.8 Å². The molecule has 2 bridgehead atoms. The third-order valence-corrected chi connectivity index (χ3v) is 15.2. The van der Waals surface area contributed by atoms with Gasteiger partial charge < -0.3 is 24.4 Å². The molecule has 9 nitrogen and oxygen atoms in total. The van der Waals surface area contributed by atoms with E-state index in [-0.39, 0.29) is 46.5 Å². The first kappa shape index (κ1) is 34.9. The molecular weight excluding hydrogens is 598 g/mol. The SMILES string of the molecule is CC(=O)O[C@@H]1C[C@@]23COC[C@@](C)([C@@H]2CC[C@H]2C3=CC[C@@]3(C)[C@H](C(=O)O)[C@@](C)([C@H](C)C(C)C)CC[C@]23C)[C@H]1OC(=O)CN1CCC(O)C1. The predicted octanol–water partition coefficient (Wildman–Crippen LogP) is 5.49. The molecule has 264 valence electrons. The standard InChI is InChI=1S/C38H59NO8/c1-22(2)23(3)34(5)14-15-36(7)26-9-10-29-35(6)20-45-21-38(29,27(26)11-13-37(36,8)31(34)33(43)44)17-28(46-24(4)40)32(35)47-30(42)19-39-16-12-25(41)18-39/h11,22-23,25-26,28-29,31-32,41H,9-10,12-21H2,1-8H3,(H,43,44)/t23-,25?,26+,28-,29+,31-,32+,34-,35+,36-,37+,38+/m1/s1. The maximum Gasteiger partial charge on any atom is 0.320 e. The lowest BCUT2D eigenvalue weighted by Gasteiger charge is -2.71. The van der Waals surface area contributed by atoms with Crippen molar-refractivity contribution in [3.05, 3.63) is 11.6 Å². The molecule has 0 amide bonds. The van der Waals surface area contributed by atoms with E-state index < -0.39 is 47.0 Å². The summed E-state index contributed by atoms with van der Waals surface area (Å²) < 4.78 is 18.9. The Morgan fingerprint density at radius 2 is 1.74 bits per heavy atom. The molecule has 1 unspecified atom stereocenters. The van der Waals surface area contributed by atoms with E-state index in [1.807, 2.05) is 4.90 Å². The highest BCUT2D eigenvalue weighted by Crippen LogP contribution is 2.75. The number of fused-ring (bicyclic) bond motifs is 3. The van der Waals surface area contributed by atoms with E-state index in [1.165, 1.54) is 12.5 Å². The van der Waals surface area contributed by atoms with Crippen molar-refractivity contribution in [2.24, 2.45) is 56.7 Å². The minimum absolute atomic E-state index is 0.0936. The highest BCUT2D eigenvalue weighted by Gasteiger charge is 2.72. The van der Waals surface area contributed by atoms with Gasteiger partial charge in [0.25, 0.3) is 0 Å². The third-order valence-electron chi connectivity index (χ3n) is 15.2. The topological polar surface area (TPSA) is 123 Å². The monoisotopic (exact) mass is 657 g/mol. The molecule has 2 saturated heterocycles. The Balaban J connectivity index is 1.37. The van der Waals surface area contributed by atoms with Crippen LogP contribution in [0.1, 0.15) is 100 Å². The fourth-order valence-electron chi connectivity index (χ4n) is 12.4. The number of carbonyl (C=O) groups is 3. The van der Waals surface area contributed by atoms with Crippen LogP contribution in [0.4, 0.5) is 0 Å². The molecule has 5 fully saturated rings. The lowest BCUT2D eigenvalue weighted by atomic mass is 9.34. The summed E-state index contributed by atoms with van der Waals surface area (Å²) >= 11 is 0. The van der Waals surface area contributed by atoms with Gasteiger partial charge in [0.1, 0.15) is 12.2 Å². The molecule has 9 heteroatoms. The molecule has 3 saturated carbocycles. The van der Waals surface area contributed by atoms with Crippen LogP contribution >= 0.6 is 0 Å². The molecule has 47 heavy (non-hydrogen) atoms. The minimum atomic E-state index is -0.675. The summed E-state index contributed by atoms with van der Waals surface area (Å²) in [5, 5.41) is 20.9. The number of aliphatic hydroxyl groups is 1. The average molecular weight is 658 g/mol. The number of aliphatic carboxylic acids is 1. The van der Waals surface area contributed by atoms with Crippen LogP contribution in [-0.4, -0.2) is 84.2 Å². The van der Waals surface area contributed by atoms with Crippen molar-refractivity contribution in [3.63, 3.8) is 0 Å². The van der Waals surface area contributed by atoms with E-state index in [4.69, 9.17) is 14.2 Å². The number of rotatable bonds is 7. The number of carboxylic acids is 1. The van der Waals surface area contributed by atoms with E-state index in [9.17, 15) is 24.6 Å². The van der Waals surface area contributed by atoms with Gasteiger partial charge in [-0.15, -0.1) is 0 Å². The number of hydrogen-bond acceptors (Lipinski definition) is 8. The van der Waals surface area contributed by atoms with Crippen molar-refractivity contribution in [2.75, 3.05) is 32.8 Å². The Labute approximate surface area is 281 Å². The van der Waals surface area contributed by atoms with Gasteiger partial charge in [-0.05, 0) is 84.9 Å². The van der Waals surface area contributed by atoms with Gasteiger partial charge in [-0.3, -0.25) is 19.3 Å². The number of β-amino-alcohol motifs (C(OH)–C–C–N with tert-alkyl or cyclic N) is 1. The Hall–Kier alpha value is -1.97. The van der Waals surface area contributed by atoms with Crippen LogP contribution in [0.5, 0.6) is 0 Å². The van der Waals surface area contributed by atoms with Crippen molar-refractivity contribution in [2.45, 2.75) is 119 Å². The fraction of sp³-hybridized carbons (Fsp3) is 0.868. The van der Waals surface area contributed by atoms with Crippen LogP contribution in [0.2, 0.25) is 0 Å². The van der Waals surface area contributed by atoms with E-state index in [2.05, 4.69) is 54.5 Å². The van der Waals surface area contributed by atoms with Crippen molar-refractivity contribution < 1.29 is 38.8 Å². The predicted molar refractivity (Wildman–Crippen MR) is 176 cm³/mol. The van der Waals surface area contributed by atoms with Gasteiger partial charge in [-0.25, -0.2) is 0 Å². The maximum atomic E-state index is 13.4. The molecule has 12 atom stereocenters. The molecule has 2 aliphatic heterocycles. The molecule has 2 N–H and O–H groups in total. The van der Waals surface area contributed by atoms with Crippen molar-refractivity contribution in [1.29, 1.82) is 0 Å². The normalized spacial score (nSPS) is 46.8. The first-order valence-corrected chi connectivity index (χ1v) is 18.2. The summed E-state index contributed by atoms with van der Waals surface area (Å²) in [7, 11) is 0. The van der Waals surface area contributed by atoms with Crippen LogP contribution in [0.25, 0.3) is 0 Å². The highest BCUT2D eigenvalue weighted by atomic mass is 16.6. The summed E-state index contributed by atoms with van der Waals surface area (Å²) in [4.78, 5) is 41.2. The van der Waals surface area contributed by atoms with Gasteiger partial charge in [-0.1, -0.05) is 60.1 Å². The van der Waals surface area contributed by atoms with Crippen molar-refractivity contribution in [1.82, 2.24) is 4.90 Å². The Kier molecular flexibility index (Phi) is 8.78. The molecule has 0 radical (unpaired) electrons. The Bertz CT molecular complexity index is 1310. The zero-order chi connectivity index (χ0) is 34.3. The zero-order valence-corrected chi connectivity index (χ0v) is 30.0. The second-order valence-electron chi connectivity index (χ2n) is 17.8. The van der Waals surface area contributed by atoms with Crippen molar-refractivity contribution >= 4 is 17.9 Å². The number of carbonyl (C=O) groups excluding carboxylic acids is 2. The van der Waals surface area contributed by atoms with E-state index >= 15 is 0 Å². The molecule has 0 aromatic heterocycles. The zero-order valence-electron chi connectivity index (χ0n) is 30.0. The smallest absolute Gasteiger partial charge is 0.320 e. The lowest BCUT2D eigenvalue weighted by molar-refractivity contribution is -0.263. The van der Waals surface area contributed by atoms with Crippen LogP contribution in [0.3, 0.4) is 0 Å². The van der Waals surface area contributed by atoms with Crippen LogP contribution in [0.15, 0.2) is 11.6 Å². The van der Waals surface area contributed by atoms with E-state index in [0.29, 0.717) is 51.5 Å². The third kappa shape index (κ3) is 5.14. The van der Waals surface area contributed by atoms with Gasteiger partial charge in [0.15, 0.2) is 0 Å². The molecule has 0 spiro atoms. The largest absolute Gasteiger partial charge is 0.481 e. The molecule has 0 aromatic rings. The fourth-order valence-corrected chi connectivity index (χ4v) is 12.4. The second-order valence-corrected chi connectivity index (χ2v) is 17.8. The van der Waals surface area contributed by atoms with E-state index in [0.717, 1.165) is 25.7 Å². The summed E-state index contributed by atoms with van der Waals surface area (Å²) in [6.07, 6.45) is 6.27. The number of carboxylic acid groups (broad SMARTS) is 1. The molecule has 6 aliphatic rings. The van der Waals surface area contributed by atoms with Gasteiger partial charge in [0.2, 0.25) is 0 Å². The highest BCUT2D eigenvalue weighted by molar-refractivity contribution is 5.73. The first-order chi connectivity index (χ1) is 21.9. The van der Waals surface area contributed by atoms with Crippen LogP contribution < -0.4 is 0 Å². The minimum Gasteiger partial charge on any atom is -0.481 e. The summed E-state index contributed by atoms with van der Waals surface area (Å²) in [6.45, 7) is 19.2. The van der Waals surface area contributed by atoms with Crippen LogP contribution in [0, 0.1) is 56.7 Å². The maximum absolute atomic E-state index is 13.4. The van der Waals surface area contributed by atoms with Gasteiger partial charge in [-0.2, -0.15) is 0 Å². The Morgan fingerprint density at radius 1 is 1.02 bits per heavy atom. The number of hydrogen-bond donors (Lipinski definition) is 2. The van der Waals surface area contributed by atoms with Crippen LogP contribution in [-0.2, 0) is 28.6 Å². The number of allylic oxidation sites excluding steroid dienone is 1. The van der Waals surface area contributed by atoms with E-state index in [1.54, 1.807) is 0 Å². The second kappa shape index (κ2) is 11.8. The number of ether oxygens (including phenoxy) is 3. The first-order valence-electron chi connectivity index (χ1n) is 18.2. The number of likely N-dealkylation sites (tertiary alicyclic amines) is 1. The summed E-state index contributed by atoms with van der Waals surface area (Å²) in [6, 6.07) is 0. The lowest BCUT2D eigenvalue weighted by Crippen LogP contribution is -2.70. The number of esters is 2. The molecular formula is C38H59NO8. The summed E-state index contributed by atoms with van der Waals surface area (Å²) in [5.74, 6) is -0.870. The number of nitrogens with zero attached hydrogens (tertiary/aromatic N) is 1. The van der Waals surface area contributed by atoms with Gasteiger partial charge >= 0.3 is 17.9 Å². The number of aliphatic hydroxyl groups excluding tert-OH is 1. The Morgan fingerprint density at radius 3 is 2.36 bits per heavy atom. The summed E-state index contributed by atoms with van der Waals surface area (Å²) in [5.41, 5.74) is -0.533. The average Bonchev–Trinajstić information content (AvgIpc) is 3.38. The molecule has 6 rings (SSSR count). The van der Waals surface area contributed by atoms with Gasteiger partial charge in [0.05, 0.1) is 31.8 Å². The quantitative estimate of drug-likeness (QED) is 0.271.